The number of piperazine rings is 1. The van der Waals surface area contributed by atoms with Crippen molar-refractivity contribution in [3.63, 3.8) is 0 Å². The van der Waals surface area contributed by atoms with Crippen molar-refractivity contribution in [2.45, 2.75) is 25.8 Å². The van der Waals surface area contributed by atoms with Gasteiger partial charge in [0.2, 0.25) is 5.91 Å². The Hall–Kier alpha value is -1.79. The van der Waals surface area contributed by atoms with Crippen molar-refractivity contribution in [2.24, 2.45) is 5.92 Å². The second kappa shape index (κ2) is 8.35. The van der Waals surface area contributed by atoms with Crippen LogP contribution in [0.15, 0.2) is 24.3 Å². The quantitative estimate of drug-likeness (QED) is 0.844. The van der Waals surface area contributed by atoms with Crippen molar-refractivity contribution in [1.82, 2.24) is 10.2 Å². The van der Waals surface area contributed by atoms with Gasteiger partial charge in [-0.05, 0) is 31.9 Å². The van der Waals surface area contributed by atoms with Gasteiger partial charge in [0, 0.05) is 43.3 Å². The van der Waals surface area contributed by atoms with E-state index in [1.54, 1.807) is 12.1 Å². The maximum Gasteiger partial charge on any atom is 0.260 e. The molecule has 3 rings (SSSR count). The number of carbonyl (C=O) groups is 2. The molecule has 1 aliphatic heterocycles. The molecule has 1 aromatic rings. The molecule has 1 aromatic carbocycles. The Balaban J connectivity index is 0.00000208. The normalized spacial score (nSPS) is 20.0. The fourth-order valence-corrected chi connectivity index (χ4v) is 2.69. The number of hydrogen-bond acceptors (Lipinski definition) is 4. The SMILES string of the molecule is CC1CNCCN1C(=O)COc1cccc(NC(=O)C2CC2)c1.Cl. The smallest absolute Gasteiger partial charge is 0.260 e. The van der Waals surface area contributed by atoms with Crippen LogP contribution in [-0.4, -0.2) is 49.0 Å². The number of rotatable bonds is 5. The molecule has 1 saturated heterocycles. The summed E-state index contributed by atoms with van der Waals surface area (Å²) in [6, 6.07) is 7.38. The van der Waals surface area contributed by atoms with Crippen LogP contribution in [0, 0.1) is 5.92 Å². The summed E-state index contributed by atoms with van der Waals surface area (Å²) in [6.07, 6.45) is 1.94. The first-order chi connectivity index (χ1) is 11.1. The number of hydrogen-bond donors (Lipinski definition) is 2. The number of benzene rings is 1. The maximum absolute atomic E-state index is 12.2. The van der Waals surface area contributed by atoms with E-state index >= 15 is 0 Å². The van der Waals surface area contributed by atoms with E-state index in [4.69, 9.17) is 4.74 Å². The molecule has 2 amide bonds. The molecule has 0 aromatic heterocycles. The topological polar surface area (TPSA) is 70.7 Å². The average molecular weight is 354 g/mol. The van der Waals surface area contributed by atoms with Gasteiger partial charge in [0.1, 0.15) is 5.75 Å². The lowest BCUT2D eigenvalue weighted by Crippen LogP contribution is -2.53. The average Bonchev–Trinajstić information content (AvgIpc) is 3.38. The summed E-state index contributed by atoms with van der Waals surface area (Å²) in [6.45, 7) is 4.39. The van der Waals surface area contributed by atoms with Crippen LogP contribution in [0.4, 0.5) is 5.69 Å². The van der Waals surface area contributed by atoms with Gasteiger partial charge in [-0.3, -0.25) is 9.59 Å². The zero-order valence-electron chi connectivity index (χ0n) is 13.8. The zero-order chi connectivity index (χ0) is 16.2. The van der Waals surface area contributed by atoms with Crippen LogP contribution in [0.1, 0.15) is 19.8 Å². The first kappa shape index (κ1) is 18.5. The molecule has 2 aliphatic rings. The lowest BCUT2D eigenvalue weighted by atomic mass is 10.2. The molecule has 0 radical (unpaired) electrons. The molecule has 132 valence electrons. The number of anilines is 1. The Bertz CT molecular complexity index is 592. The fourth-order valence-electron chi connectivity index (χ4n) is 2.69. The molecule has 24 heavy (non-hydrogen) atoms. The third-order valence-electron chi connectivity index (χ3n) is 4.23. The van der Waals surface area contributed by atoms with Crippen molar-refractivity contribution in [3.8, 4) is 5.75 Å². The predicted molar refractivity (Wildman–Crippen MR) is 94.6 cm³/mol. The molecular formula is C17H24ClN3O3. The van der Waals surface area contributed by atoms with Gasteiger partial charge in [-0.1, -0.05) is 6.07 Å². The first-order valence-electron chi connectivity index (χ1n) is 8.17. The zero-order valence-corrected chi connectivity index (χ0v) is 14.6. The number of ether oxygens (including phenoxy) is 1. The van der Waals surface area contributed by atoms with E-state index in [0.717, 1.165) is 25.9 Å². The molecule has 7 heteroatoms. The number of nitrogens with zero attached hydrogens (tertiary/aromatic N) is 1. The van der Waals surface area contributed by atoms with Crippen molar-refractivity contribution in [2.75, 3.05) is 31.6 Å². The van der Waals surface area contributed by atoms with Gasteiger partial charge in [0.05, 0.1) is 0 Å². The largest absolute Gasteiger partial charge is 0.484 e. The summed E-state index contributed by atoms with van der Waals surface area (Å²) in [5.41, 5.74) is 0.711. The van der Waals surface area contributed by atoms with Gasteiger partial charge in [-0.15, -0.1) is 12.4 Å². The molecule has 1 saturated carbocycles. The highest BCUT2D eigenvalue weighted by Gasteiger charge is 2.29. The van der Waals surface area contributed by atoms with Gasteiger partial charge in [-0.2, -0.15) is 0 Å². The summed E-state index contributed by atoms with van der Waals surface area (Å²) in [5.74, 6) is 0.810. The number of halogens is 1. The third-order valence-corrected chi connectivity index (χ3v) is 4.23. The van der Waals surface area contributed by atoms with Crippen LogP contribution in [0.2, 0.25) is 0 Å². The Labute approximate surface area is 148 Å². The Morgan fingerprint density at radius 1 is 1.38 bits per heavy atom. The standard InChI is InChI=1S/C17H23N3O3.ClH/c1-12-10-18-7-8-20(12)16(21)11-23-15-4-2-3-14(9-15)19-17(22)13-5-6-13;/h2-4,9,12-13,18H,5-8,10-11H2,1H3,(H,19,22);1H. The monoisotopic (exact) mass is 353 g/mol. The van der Waals surface area contributed by atoms with Gasteiger partial charge in [-0.25, -0.2) is 0 Å². The first-order valence-corrected chi connectivity index (χ1v) is 8.17. The van der Waals surface area contributed by atoms with Crippen LogP contribution in [0.5, 0.6) is 5.75 Å². The minimum Gasteiger partial charge on any atom is -0.484 e. The van der Waals surface area contributed by atoms with Crippen LogP contribution in [0.3, 0.4) is 0 Å². The summed E-state index contributed by atoms with van der Waals surface area (Å²) in [5, 5.41) is 6.14. The van der Waals surface area contributed by atoms with E-state index in [1.165, 1.54) is 0 Å². The third kappa shape index (κ3) is 4.85. The van der Waals surface area contributed by atoms with Crippen LogP contribution in [0.25, 0.3) is 0 Å². The van der Waals surface area contributed by atoms with Gasteiger partial charge >= 0.3 is 0 Å². The van der Waals surface area contributed by atoms with Crippen molar-refractivity contribution < 1.29 is 14.3 Å². The second-order valence-corrected chi connectivity index (χ2v) is 6.22. The lowest BCUT2D eigenvalue weighted by molar-refractivity contribution is -0.136. The molecule has 1 atom stereocenters. The van der Waals surface area contributed by atoms with Gasteiger partial charge < -0.3 is 20.3 Å². The molecule has 6 nitrogen and oxygen atoms in total. The molecule has 2 fully saturated rings. The summed E-state index contributed by atoms with van der Waals surface area (Å²) in [4.78, 5) is 25.9. The lowest BCUT2D eigenvalue weighted by Gasteiger charge is -2.33. The fraction of sp³-hybridized carbons (Fsp3) is 0.529. The van der Waals surface area contributed by atoms with Crippen molar-refractivity contribution in [3.05, 3.63) is 24.3 Å². The minimum atomic E-state index is -0.00795. The number of amides is 2. The van der Waals surface area contributed by atoms with E-state index in [2.05, 4.69) is 10.6 Å². The molecule has 0 spiro atoms. The molecule has 1 aliphatic carbocycles. The highest BCUT2D eigenvalue weighted by atomic mass is 35.5. The van der Waals surface area contributed by atoms with E-state index in [0.29, 0.717) is 18.0 Å². The van der Waals surface area contributed by atoms with Crippen molar-refractivity contribution >= 4 is 29.9 Å². The Kier molecular flexibility index (Phi) is 6.45. The number of nitrogens with one attached hydrogen (secondary N) is 2. The summed E-state index contributed by atoms with van der Waals surface area (Å²) >= 11 is 0. The van der Waals surface area contributed by atoms with E-state index in [-0.39, 0.29) is 42.8 Å². The second-order valence-electron chi connectivity index (χ2n) is 6.22. The Morgan fingerprint density at radius 3 is 2.88 bits per heavy atom. The highest BCUT2D eigenvalue weighted by molar-refractivity contribution is 5.94. The number of carbonyl (C=O) groups excluding carboxylic acids is 2. The molecule has 1 heterocycles. The van der Waals surface area contributed by atoms with Crippen LogP contribution >= 0.6 is 12.4 Å². The summed E-state index contributed by atoms with van der Waals surface area (Å²) < 4.78 is 5.60. The Morgan fingerprint density at radius 2 is 2.17 bits per heavy atom. The minimum absolute atomic E-state index is 0. The van der Waals surface area contributed by atoms with E-state index < -0.39 is 0 Å². The van der Waals surface area contributed by atoms with Crippen molar-refractivity contribution in [1.29, 1.82) is 0 Å². The van der Waals surface area contributed by atoms with Crippen LogP contribution < -0.4 is 15.4 Å². The highest BCUT2D eigenvalue weighted by Crippen LogP contribution is 2.30. The molecule has 2 N–H and O–H groups in total. The summed E-state index contributed by atoms with van der Waals surface area (Å²) in [7, 11) is 0. The van der Waals surface area contributed by atoms with E-state index in [9.17, 15) is 9.59 Å². The van der Waals surface area contributed by atoms with Gasteiger partial charge in [0.15, 0.2) is 6.61 Å². The van der Waals surface area contributed by atoms with Crippen LogP contribution in [-0.2, 0) is 9.59 Å². The molecule has 0 bridgehead atoms. The van der Waals surface area contributed by atoms with E-state index in [1.807, 2.05) is 24.0 Å². The predicted octanol–water partition coefficient (Wildman–Crippen LogP) is 1.66. The molecular weight excluding hydrogens is 330 g/mol. The maximum atomic E-state index is 12.2. The van der Waals surface area contributed by atoms with Gasteiger partial charge in [0.25, 0.3) is 5.91 Å². The molecule has 1 unspecified atom stereocenters.